The maximum absolute atomic E-state index is 11.8. The molecule has 0 spiro atoms. The smallest absolute Gasteiger partial charge is 0.255 e. The maximum atomic E-state index is 11.8. The molecule has 5 heteroatoms. The molecule has 1 atom stereocenters. The van der Waals surface area contributed by atoms with Crippen LogP contribution < -0.4 is 11.1 Å². The quantitative estimate of drug-likeness (QED) is 0.574. The predicted molar refractivity (Wildman–Crippen MR) is 65.0 cm³/mol. The van der Waals surface area contributed by atoms with Crippen molar-refractivity contribution in [1.29, 1.82) is 0 Å². The predicted octanol–water partition coefficient (Wildman–Crippen LogP) is 0.955. The lowest BCUT2D eigenvalue weighted by atomic mass is 10.1. The molecule has 5 N–H and O–H groups in total. The second kappa shape index (κ2) is 6.10. The monoisotopic (exact) mass is 238 g/mol. The number of nitrogens with two attached hydrogens (primary N) is 1. The highest BCUT2D eigenvalue weighted by Gasteiger charge is 2.16. The minimum Gasteiger partial charge on any atom is -0.504 e. The fourth-order valence-corrected chi connectivity index (χ4v) is 1.56. The summed E-state index contributed by atoms with van der Waals surface area (Å²) in [4.78, 5) is 11.8. The van der Waals surface area contributed by atoms with Crippen LogP contribution in [-0.2, 0) is 0 Å². The van der Waals surface area contributed by atoms with Crippen molar-refractivity contribution >= 4 is 5.91 Å². The minimum atomic E-state index is -0.404. The molecule has 94 valence electrons. The third-order valence-corrected chi connectivity index (χ3v) is 2.60. The van der Waals surface area contributed by atoms with Crippen molar-refractivity contribution < 1.29 is 15.0 Å². The van der Waals surface area contributed by atoms with Crippen LogP contribution in [0.15, 0.2) is 18.2 Å². The zero-order valence-corrected chi connectivity index (χ0v) is 9.81. The fraction of sp³-hybridized carbons (Fsp3) is 0.417. The number of aromatic hydroxyl groups is 2. The standard InChI is InChI=1S/C12H18N2O3/c1-2-8(6-7-13)14-12(17)9-4-3-5-10(15)11(9)16/h3-5,8,15-16H,2,6-7,13H2,1H3,(H,14,17). The molecule has 0 heterocycles. The van der Waals surface area contributed by atoms with Crippen molar-refractivity contribution in [3.63, 3.8) is 0 Å². The number of amides is 1. The van der Waals surface area contributed by atoms with E-state index in [2.05, 4.69) is 5.32 Å². The molecule has 0 radical (unpaired) electrons. The summed E-state index contributed by atoms with van der Waals surface area (Å²) in [6.07, 6.45) is 1.45. The first-order valence-corrected chi connectivity index (χ1v) is 5.62. The van der Waals surface area contributed by atoms with Gasteiger partial charge in [-0.3, -0.25) is 4.79 Å². The first-order chi connectivity index (χ1) is 8.10. The minimum absolute atomic E-state index is 0.0192. The normalized spacial score (nSPS) is 12.1. The van der Waals surface area contributed by atoms with E-state index in [9.17, 15) is 15.0 Å². The van der Waals surface area contributed by atoms with Crippen LogP contribution >= 0.6 is 0 Å². The first kappa shape index (κ1) is 13.3. The third-order valence-electron chi connectivity index (χ3n) is 2.60. The van der Waals surface area contributed by atoms with Gasteiger partial charge in [0.25, 0.3) is 5.91 Å². The van der Waals surface area contributed by atoms with Gasteiger partial charge in [-0.1, -0.05) is 13.0 Å². The highest BCUT2D eigenvalue weighted by atomic mass is 16.3. The van der Waals surface area contributed by atoms with Gasteiger partial charge < -0.3 is 21.3 Å². The lowest BCUT2D eigenvalue weighted by Crippen LogP contribution is -2.35. The van der Waals surface area contributed by atoms with Crippen molar-refractivity contribution in [1.82, 2.24) is 5.32 Å². The number of carbonyl (C=O) groups excluding carboxylic acids is 1. The molecule has 5 nitrogen and oxygen atoms in total. The third kappa shape index (κ3) is 3.35. The van der Waals surface area contributed by atoms with E-state index in [-0.39, 0.29) is 17.4 Å². The van der Waals surface area contributed by atoms with E-state index < -0.39 is 11.7 Å². The molecule has 1 aromatic rings. The summed E-state index contributed by atoms with van der Waals surface area (Å²) in [5.74, 6) is -1.10. The molecule has 0 saturated heterocycles. The highest BCUT2D eigenvalue weighted by Crippen LogP contribution is 2.28. The summed E-state index contributed by atoms with van der Waals surface area (Å²) in [5, 5.41) is 21.6. The van der Waals surface area contributed by atoms with E-state index in [0.717, 1.165) is 6.42 Å². The molecule has 1 amide bonds. The van der Waals surface area contributed by atoms with Crippen LogP contribution in [0.1, 0.15) is 30.1 Å². The van der Waals surface area contributed by atoms with E-state index in [1.165, 1.54) is 18.2 Å². The van der Waals surface area contributed by atoms with E-state index in [1.807, 2.05) is 6.92 Å². The number of nitrogens with one attached hydrogen (secondary N) is 1. The summed E-state index contributed by atoms with van der Waals surface area (Å²) < 4.78 is 0. The molecule has 1 aromatic carbocycles. The van der Waals surface area contributed by atoms with Crippen LogP contribution in [0, 0.1) is 0 Å². The fourth-order valence-electron chi connectivity index (χ4n) is 1.56. The number of hydrogen-bond acceptors (Lipinski definition) is 4. The molecule has 0 aliphatic heterocycles. The van der Waals surface area contributed by atoms with Gasteiger partial charge in [0, 0.05) is 6.04 Å². The molecule has 1 rings (SSSR count). The number of rotatable bonds is 5. The topological polar surface area (TPSA) is 95.6 Å². The van der Waals surface area contributed by atoms with Gasteiger partial charge in [0.2, 0.25) is 0 Å². The number of phenols is 2. The van der Waals surface area contributed by atoms with E-state index in [4.69, 9.17) is 5.73 Å². The van der Waals surface area contributed by atoms with Crippen molar-refractivity contribution in [2.45, 2.75) is 25.8 Å². The molecule has 0 aliphatic carbocycles. The van der Waals surface area contributed by atoms with Crippen LogP contribution in [0.3, 0.4) is 0 Å². The Kier molecular flexibility index (Phi) is 4.78. The van der Waals surface area contributed by atoms with Crippen LogP contribution in [0.5, 0.6) is 11.5 Å². The van der Waals surface area contributed by atoms with Crippen LogP contribution in [0.25, 0.3) is 0 Å². The summed E-state index contributed by atoms with van der Waals surface area (Å²) in [6.45, 7) is 2.44. The van der Waals surface area contributed by atoms with Gasteiger partial charge in [0.1, 0.15) is 0 Å². The van der Waals surface area contributed by atoms with E-state index >= 15 is 0 Å². The number of para-hydroxylation sites is 1. The van der Waals surface area contributed by atoms with Gasteiger partial charge in [0.05, 0.1) is 5.56 Å². The SMILES string of the molecule is CCC(CCN)NC(=O)c1cccc(O)c1O. The van der Waals surface area contributed by atoms with Crippen LogP contribution in [0.2, 0.25) is 0 Å². The van der Waals surface area contributed by atoms with Crippen molar-refractivity contribution in [2.24, 2.45) is 5.73 Å². The molecule has 1 unspecified atom stereocenters. The number of benzene rings is 1. The lowest BCUT2D eigenvalue weighted by molar-refractivity contribution is 0.0931. The van der Waals surface area contributed by atoms with Crippen LogP contribution in [-0.4, -0.2) is 28.7 Å². The number of hydrogen-bond donors (Lipinski definition) is 4. The average molecular weight is 238 g/mol. The Balaban J connectivity index is 2.79. The molecule has 0 aliphatic rings. The molecule has 0 fully saturated rings. The summed E-state index contributed by atoms with van der Waals surface area (Å²) in [6, 6.07) is 4.27. The van der Waals surface area contributed by atoms with Crippen molar-refractivity contribution in [3.8, 4) is 11.5 Å². The Morgan fingerprint density at radius 1 is 1.47 bits per heavy atom. The second-order valence-corrected chi connectivity index (χ2v) is 3.83. The van der Waals surface area contributed by atoms with Gasteiger partial charge in [-0.25, -0.2) is 0 Å². The Hall–Kier alpha value is -1.75. The zero-order valence-electron chi connectivity index (χ0n) is 9.81. The maximum Gasteiger partial charge on any atom is 0.255 e. The molecule has 17 heavy (non-hydrogen) atoms. The molecule has 0 aromatic heterocycles. The van der Waals surface area contributed by atoms with Gasteiger partial charge in [0.15, 0.2) is 11.5 Å². The van der Waals surface area contributed by atoms with Gasteiger partial charge in [-0.05, 0) is 31.5 Å². The van der Waals surface area contributed by atoms with Gasteiger partial charge in [-0.15, -0.1) is 0 Å². The van der Waals surface area contributed by atoms with Gasteiger partial charge in [-0.2, -0.15) is 0 Å². The Morgan fingerprint density at radius 2 is 2.18 bits per heavy atom. The molecule has 0 saturated carbocycles. The van der Waals surface area contributed by atoms with Gasteiger partial charge >= 0.3 is 0 Å². The Bertz CT molecular complexity index is 393. The first-order valence-electron chi connectivity index (χ1n) is 5.62. The lowest BCUT2D eigenvalue weighted by Gasteiger charge is -2.16. The van der Waals surface area contributed by atoms with Crippen LogP contribution in [0.4, 0.5) is 0 Å². The summed E-state index contributed by atoms with van der Waals surface area (Å²) >= 11 is 0. The average Bonchev–Trinajstić information content (AvgIpc) is 2.31. The van der Waals surface area contributed by atoms with Crippen molar-refractivity contribution in [3.05, 3.63) is 23.8 Å². The molecule has 0 bridgehead atoms. The van der Waals surface area contributed by atoms with E-state index in [1.54, 1.807) is 0 Å². The van der Waals surface area contributed by atoms with E-state index in [0.29, 0.717) is 13.0 Å². The van der Waals surface area contributed by atoms with Crippen molar-refractivity contribution in [2.75, 3.05) is 6.54 Å². The summed E-state index contributed by atoms with van der Waals surface area (Å²) in [5.41, 5.74) is 5.50. The highest BCUT2D eigenvalue weighted by molar-refractivity contribution is 5.97. The molecular formula is C12H18N2O3. The zero-order chi connectivity index (χ0) is 12.8. The Morgan fingerprint density at radius 3 is 2.76 bits per heavy atom. The summed E-state index contributed by atoms with van der Waals surface area (Å²) in [7, 11) is 0. The number of phenolic OH excluding ortho intramolecular Hbond substituents is 2. The molecular weight excluding hydrogens is 220 g/mol. The largest absolute Gasteiger partial charge is 0.504 e. The number of carbonyl (C=O) groups is 1. The second-order valence-electron chi connectivity index (χ2n) is 3.83. The Labute approximate surface area is 100 Å².